The van der Waals surface area contributed by atoms with Gasteiger partial charge in [-0.05, 0) is 63.2 Å². The highest BCUT2D eigenvalue weighted by molar-refractivity contribution is 5.91. The standard InChI is InChI=1S/C25H30N2O5/c1-26(11-6-14-27-12-4-3-5-13-27)18-9-7-17(8-10-18)22-16-20(29)23-19(28)15-21(30)24(31-2)25(23)32-22/h7-10,15-16,28,30H,3-6,11-14H2,1-2H3. The smallest absolute Gasteiger partial charge is 0.204 e. The van der Waals surface area contributed by atoms with Crippen molar-refractivity contribution in [3.63, 3.8) is 0 Å². The van der Waals surface area contributed by atoms with Crippen molar-refractivity contribution in [2.75, 3.05) is 45.2 Å². The van der Waals surface area contributed by atoms with E-state index in [1.165, 1.54) is 45.5 Å². The molecule has 32 heavy (non-hydrogen) atoms. The molecule has 7 nitrogen and oxygen atoms in total. The van der Waals surface area contributed by atoms with Crippen molar-refractivity contribution in [2.45, 2.75) is 25.7 Å². The monoisotopic (exact) mass is 438 g/mol. The zero-order chi connectivity index (χ0) is 22.7. The molecular weight excluding hydrogens is 408 g/mol. The van der Waals surface area contributed by atoms with Crippen molar-refractivity contribution in [1.82, 2.24) is 4.90 Å². The number of hydrogen-bond donors (Lipinski definition) is 2. The van der Waals surface area contributed by atoms with Crippen LogP contribution in [0.3, 0.4) is 0 Å². The maximum Gasteiger partial charge on any atom is 0.204 e. The van der Waals surface area contributed by atoms with E-state index in [1.54, 1.807) is 0 Å². The summed E-state index contributed by atoms with van der Waals surface area (Å²) in [4.78, 5) is 17.4. The first-order valence-corrected chi connectivity index (χ1v) is 11.1. The summed E-state index contributed by atoms with van der Waals surface area (Å²) in [5.41, 5.74) is 1.42. The van der Waals surface area contributed by atoms with Gasteiger partial charge >= 0.3 is 0 Å². The highest BCUT2D eigenvalue weighted by Crippen LogP contribution is 2.40. The zero-order valence-corrected chi connectivity index (χ0v) is 18.6. The summed E-state index contributed by atoms with van der Waals surface area (Å²) in [5, 5.41) is 20.1. The molecule has 1 saturated heterocycles. The number of aromatic hydroxyl groups is 2. The summed E-state index contributed by atoms with van der Waals surface area (Å²) >= 11 is 0. The Bertz CT molecular complexity index is 1130. The Morgan fingerprint density at radius 3 is 2.47 bits per heavy atom. The predicted molar refractivity (Wildman–Crippen MR) is 126 cm³/mol. The van der Waals surface area contributed by atoms with E-state index >= 15 is 0 Å². The number of fused-ring (bicyclic) bond motifs is 1. The lowest BCUT2D eigenvalue weighted by molar-refractivity contribution is 0.227. The third-order valence-electron chi connectivity index (χ3n) is 6.13. The van der Waals surface area contributed by atoms with Crippen LogP contribution in [0.25, 0.3) is 22.3 Å². The van der Waals surface area contributed by atoms with Crippen LogP contribution in [0.2, 0.25) is 0 Å². The molecule has 170 valence electrons. The Balaban J connectivity index is 1.51. The molecule has 0 aliphatic carbocycles. The van der Waals surface area contributed by atoms with Crippen LogP contribution in [0.15, 0.2) is 45.6 Å². The fourth-order valence-corrected chi connectivity index (χ4v) is 4.34. The summed E-state index contributed by atoms with van der Waals surface area (Å²) in [5.74, 6) is -0.286. The third kappa shape index (κ3) is 4.53. The minimum atomic E-state index is -0.407. The molecule has 0 radical (unpaired) electrons. The van der Waals surface area contributed by atoms with Gasteiger partial charge in [-0.2, -0.15) is 0 Å². The molecular formula is C25H30N2O5. The first-order chi connectivity index (χ1) is 15.5. The summed E-state index contributed by atoms with van der Waals surface area (Å²) in [7, 11) is 3.45. The number of phenolic OH excluding ortho intramolecular Hbond substituents is 2. The van der Waals surface area contributed by atoms with Gasteiger partial charge < -0.3 is 29.2 Å². The van der Waals surface area contributed by atoms with E-state index in [0.717, 1.165) is 36.8 Å². The minimum absolute atomic E-state index is 0.0156. The molecule has 3 aromatic rings. The Hall–Kier alpha value is -3.19. The van der Waals surface area contributed by atoms with Crippen molar-refractivity contribution in [2.24, 2.45) is 0 Å². The zero-order valence-electron chi connectivity index (χ0n) is 18.6. The van der Waals surface area contributed by atoms with Crippen LogP contribution in [0, 0.1) is 0 Å². The van der Waals surface area contributed by atoms with E-state index in [9.17, 15) is 15.0 Å². The average Bonchev–Trinajstić information content (AvgIpc) is 2.79. The van der Waals surface area contributed by atoms with E-state index in [1.807, 2.05) is 24.3 Å². The summed E-state index contributed by atoms with van der Waals surface area (Å²) in [6.07, 6.45) is 5.10. The van der Waals surface area contributed by atoms with Crippen LogP contribution in [-0.2, 0) is 0 Å². The molecule has 0 saturated carbocycles. The molecule has 1 aliphatic heterocycles. The molecule has 1 aromatic heterocycles. The number of methoxy groups -OCH3 is 1. The predicted octanol–water partition coefficient (Wildman–Crippen LogP) is 4.19. The normalized spacial score (nSPS) is 14.6. The summed E-state index contributed by atoms with van der Waals surface area (Å²) in [6.45, 7) is 4.54. The van der Waals surface area contributed by atoms with Crippen LogP contribution in [-0.4, -0.2) is 55.4 Å². The van der Waals surface area contributed by atoms with Crippen LogP contribution in [0.4, 0.5) is 5.69 Å². The third-order valence-corrected chi connectivity index (χ3v) is 6.13. The molecule has 1 aliphatic rings. The van der Waals surface area contributed by atoms with Crippen LogP contribution < -0.4 is 15.1 Å². The van der Waals surface area contributed by atoms with Gasteiger partial charge in [-0.1, -0.05) is 6.42 Å². The van der Waals surface area contributed by atoms with Gasteiger partial charge in [-0.25, -0.2) is 0 Å². The highest BCUT2D eigenvalue weighted by Gasteiger charge is 2.19. The molecule has 4 rings (SSSR count). The van der Waals surface area contributed by atoms with Gasteiger partial charge in [0.2, 0.25) is 5.75 Å². The van der Waals surface area contributed by atoms with Gasteiger partial charge in [0.1, 0.15) is 16.9 Å². The lowest BCUT2D eigenvalue weighted by atomic mass is 10.1. The van der Waals surface area contributed by atoms with Gasteiger partial charge in [-0.15, -0.1) is 0 Å². The Labute approximate surface area is 187 Å². The van der Waals surface area contributed by atoms with E-state index in [4.69, 9.17) is 9.15 Å². The quantitative estimate of drug-likeness (QED) is 0.572. The van der Waals surface area contributed by atoms with E-state index in [0.29, 0.717) is 5.76 Å². The number of hydrogen-bond acceptors (Lipinski definition) is 7. The van der Waals surface area contributed by atoms with Crippen molar-refractivity contribution in [3.8, 4) is 28.6 Å². The molecule has 0 bridgehead atoms. The van der Waals surface area contributed by atoms with Crippen LogP contribution in [0.5, 0.6) is 17.2 Å². The van der Waals surface area contributed by atoms with Crippen molar-refractivity contribution in [3.05, 3.63) is 46.6 Å². The Morgan fingerprint density at radius 2 is 1.78 bits per heavy atom. The molecule has 0 unspecified atom stereocenters. The topological polar surface area (TPSA) is 86.4 Å². The van der Waals surface area contributed by atoms with Gasteiger partial charge in [0.05, 0.1) is 7.11 Å². The number of rotatable bonds is 7. The van der Waals surface area contributed by atoms with E-state index < -0.39 is 5.43 Å². The fraction of sp³-hybridized carbons (Fsp3) is 0.400. The van der Waals surface area contributed by atoms with Crippen LogP contribution >= 0.6 is 0 Å². The number of piperidine rings is 1. The number of anilines is 1. The fourth-order valence-electron chi connectivity index (χ4n) is 4.34. The van der Waals surface area contributed by atoms with Gasteiger partial charge in [-0.3, -0.25) is 4.79 Å². The maximum absolute atomic E-state index is 12.6. The second kappa shape index (κ2) is 9.53. The second-order valence-corrected chi connectivity index (χ2v) is 8.35. The number of phenols is 2. The second-order valence-electron chi connectivity index (χ2n) is 8.35. The van der Waals surface area contributed by atoms with E-state index in [-0.39, 0.29) is 28.2 Å². The summed E-state index contributed by atoms with van der Waals surface area (Å²) < 4.78 is 11.1. The Kier molecular flexibility index (Phi) is 6.55. The molecule has 0 spiro atoms. The first-order valence-electron chi connectivity index (χ1n) is 11.1. The average molecular weight is 439 g/mol. The molecule has 1 fully saturated rings. The lowest BCUT2D eigenvalue weighted by Crippen LogP contribution is -2.32. The molecule has 2 N–H and O–H groups in total. The van der Waals surface area contributed by atoms with Gasteiger partial charge in [0, 0.05) is 37.0 Å². The van der Waals surface area contributed by atoms with Gasteiger partial charge in [0.25, 0.3) is 0 Å². The maximum atomic E-state index is 12.6. The molecule has 2 heterocycles. The molecule has 2 aromatic carbocycles. The lowest BCUT2D eigenvalue weighted by Gasteiger charge is -2.27. The minimum Gasteiger partial charge on any atom is -0.507 e. The number of benzene rings is 2. The van der Waals surface area contributed by atoms with Crippen molar-refractivity contribution >= 4 is 16.7 Å². The summed E-state index contributed by atoms with van der Waals surface area (Å²) in [6, 6.07) is 10.2. The number of ether oxygens (including phenoxy) is 1. The van der Waals surface area contributed by atoms with Crippen molar-refractivity contribution < 1.29 is 19.4 Å². The molecule has 0 amide bonds. The van der Waals surface area contributed by atoms with Crippen LogP contribution in [0.1, 0.15) is 25.7 Å². The Morgan fingerprint density at radius 1 is 1.06 bits per heavy atom. The van der Waals surface area contributed by atoms with Crippen molar-refractivity contribution in [1.29, 1.82) is 0 Å². The SMILES string of the molecule is COc1c(O)cc(O)c2c(=O)cc(-c3ccc(N(C)CCCN4CCCCC4)cc3)oc12. The van der Waals surface area contributed by atoms with E-state index in [2.05, 4.69) is 16.8 Å². The largest absolute Gasteiger partial charge is 0.507 e. The number of nitrogens with zero attached hydrogens (tertiary/aromatic N) is 2. The number of likely N-dealkylation sites (tertiary alicyclic amines) is 1. The molecule has 7 heteroatoms. The first kappa shape index (κ1) is 22.0. The van der Waals surface area contributed by atoms with Gasteiger partial charge in [0.15, 0.2) is 16.8 Å². The highest BCUT2D eigenvalue weighted by atomic mass is 16.5. The molecule has 0 atom stereocenters.